The monoisotopic (exact) mass is 537 g/mol. The molecule has 0 aromatic carbocycles. The number of aliphatic hydroxyl groups excluding tert-OH is 3. The Morgan fingerprint density at radius 2 is 1.68 bits per heavy atom. The third-order valence-electron chi connectivity index (χ3n) is 11.4. The Hall–Kier alpha value is -1.71. The van der Waals surface area contributed by atoms with E-state index < -0.39 is 31.2 Å². The highest BCUT2D eigenvalue weighted by molar-refractivity contribution is 5.83. The fourth-order valence-electron chi connectivity index (χ4n) is 9.36. The molecule has 5 N–H and O–H groups in total. The average molecular weight is 538 g/mol. The Morgan fingerprint density at radius 3 is 2.37 bits per heavy atom. The summed E-state index contributed by atoms with van der Waals surface area (Å²) in [4.78, 5) is 35.1. The molecule has 1 amide bonds. The van der Waals surface area contributed by atoms with Crippen LogP contribution in [0.5, 0.6) is 0 Å². The fourth-order valence-corrected chi connectivity index (χ4v) is 9.36. The molecule has 4 saturated carbocycles. The summed E-state index contributed by atoms with van der Waals surface area (Å²) in [6.07, 6.45) is 6.80. The molecule has 9 heteroatoms. The minimum absolute atomic E-state index is 0.134. The molecule has 4 aliphatic rings. The molecule has 0 saturated heterocycles. The van der Waals surface area contributed by atoms with E-state index >= 15 is 0 Å². The van der Waals surface area contributed by atoms with Gasteiger partial charge in [-0.2, -0.15) is 0 Å². The van der Waals surface area contributed by atoms with Crippen molar-refractivity contribution in [2.75, 3.05) is 13.2 Å². The summed E-state index contributed by atoms with van der Waals surface area (Å²) in [6.45, 7) is 5.78. The Kier molecular flexibility index (Phi) is 8.80. The van der Waals surface area contributed by atoms with E-state index in [2.05, 4.69) is 30.8 Å². The second-order valence-corrected chi connectivity index (χ2v) is 13.2. The van der Waals surface area contributed by atoms with Gasteiger partial charge in [-0.15, -0.1) is 0 Å². The zero-order valence-corrected chi connectivity index (χ0v) is 23.1. The predicted molar refractivity (Wildman–Crippen MR) is 139 cm³/mol. The van der Waals surface area contributed by atoms with Crippen molar-refractivity contribution in [1.29, 1.82) is 0 Å². The molecular weight excluding hydrogens is 490 g/mol. The topological polar surface area (TPSA) is 153 Å². The minimum Gasteiger partial charge on any atom is -0.478 e. The summed E-state index contributed by atoms with van der Waals surface area (Å²) in [6, 6.07) is 0. The highest BCUT2D eigenvalue weighted by Crippen LogP contribution is 2.68. The number of carboxylic acid groups (broad SMARTS) is 1. The summed E-state index contributed by atoms with van der Waals surface area (Å²) in [7, 11) is 0. The maximum atomic E-state index is 12.4. The first kappa shape index (κ1) is 29.3. The van der Waals surface area contributed by atoms with E-state index in [-0.39, 0.29) is 35.4 Å². The fraction of sp³-hybridized carbons (Fsp3) is 0.897. The lowest BCUT2D eigenvalue weighted by Gasteiger charge is -2.62. The van der Waals surface area contributed by atoms with Crippen LogP contribution in [0.3, 0.4) is 0 Å². The first-order valence-corrected chi connectivity index (χ1v) is 14.6. The number of hydrogen-bond donors (Lipinski definition) is 5. The van der Waals surface area contributed by atoms with Crippen molar-refractivity contribution in [3.8, 4) is 0 Å². The van der Waals surface area contributed by atoms with Gasteiger partial charge < -0.3 is 30.5 Å². The Labute approximate surface area is 225 Å². The van der Waals surface area contributed by atoms with Crippen LogP contribution in [0.2, 0.25) is 0 Å². The van der Waals surface area contributed by atoms with Crippen LogP contribution in [0.1, 0.15) is 85.0 Å². The Bertz CT molecular complexity index is 896. The molecule has 0 bridgehead atoms. The molecule has 0 radical (unpaired) electrons. The lowest BCUT2D eigenvalue weighted by atomic mass is 9.43. The molecule has 0 aliphatic heterocycles. The number of nitrogens with one attached hydrogen (secondary N) is 1. The second-order valence-electron chi connectivity index (χ2n) is 13.2. The van der Waals surface area contributed by atoms with Crippen LogP contribution in [0.15, 0.2) is 0 Å². The predicted octanol–water partition coefficient (Wildman–Crippen LogP) is 2.50. The van der Waals surface area contributed by atoms with Gasteiger partial charge in [-0.3, -0.25) is 9.59 Å². The molecule has 0 heterocycles. The third-order valence-corrected chi connectivity index (χ3v) is 11.4. The summed E-state index contributed by atoms with van der Waals surface area (Å²) in [5.41, 5.74) is 0.338. The van der Waals surface area contributed by atoms with Gasteiger partial charge in [-0.05, 0) is 104 Å². The molecule has 38 heavy (non-hydrogen) atoms. The van der Waals surface area contributed by atoms with Gasteiger partial charge in [0.05, 0.1) is 18.8 Å². The van der Waals surface area contributed by atoms with E-state index in [0.717, 1.165) is 51.4 Å². The lowest BCUT2D eigenvalue weighted by molar-refractivity contribution is -0.174. The quantitative estimate of drug-likeness (QED) is 0.281. The second kappa shape index (κ2) is 11.4. The van der Waals surface area contributed by atoms with E-state index in [1.165, 1.54) is 0 Å². The summed E-state index contributed by atoms with van der Waals surface area (Å²) >= 11 is 0. The number of fused-ring (bicyclic) bond motifs is 5. The van der Waals surface area contributed by atoms with Gasteiger partial charge in [0.15, 0.2) is 0 Å². The van der Waals surface area contributed by atoms with Gasteiger partial charge in [-0.25, -0.2) is 4.79 Å². The van der Waals surface area contributed by atoms with E-state index in [4.69, 9.17) is 10.2 Å². The van der Waals surface area contributed by atoms with Crippen molar-refractivity contribution >= 4 is 17.8 Å². The molecule has 9 nitrogen and oxygen atoms in total. The zero-order valence-electron chi connectivity index (χ0n) is 23.1. The van der Waals surface area contributed by atoms with Crippen LogP contribution in [0, 0.1) is 46.3 Å². The number of aliphatic carboxylic acids is 1. The Morgan fingerprint density at radius 1 is 1.00 bits per heavy atom. The molecule has 4 aliphatic carbocycles. The van der Waals surface area contributed by atoms with Crippen molar-refractivity contribution < 1.29 is 39.5 Å². The van der Waals surface area contributed by atoms with Gasteiger partial charge in [-0.1, -0.05) is 20.8 Å². The summed E-state index contributed by atoms with van der Waals surface area (Å²) in [5.74, 6) is -0.136. The van der Waals surface area contributed by atoms with Gasteiger partial charge >= 0.3 is 11.9 Å². The van der Waals surface area contributed by atoms with E-state index in [9.17, 15) is 24.6 Å². The number of ether oxygens (including phenoxy) is 1. The van der Waals surface area contributed by atoms with Crippen LogP contribution in [0.25, 0.3) is 0 Å². The molecule has 4 rings (SSSR count). The molecule has 0 spiro atoms. The van der Waals surface area contributed by atoms with E-state index in [1.54, 1.807) is 0 Å². The van der Waals surface area contributed by atoms with Crippen LogP contribution in [-0.4, -0.2) is 69.7 Å². The van der Waals surface area contributed by atoms with Crippen molar-refractivity contribution in [2.45, 2.75) is 103 Å². The molecule has 5 unspecified atom stereocenters. The maximum Gasteiger partial charge on any atom is 0.347 e. The molecular formula is C29H47NO8. The number of carbonyl (C=O) groups excluding carboxylic acids is 2. The highest BCUT2D eigenvalue weighted by Gasteiger charge is 2.62. The van der Waals surface area contributed by atoms with Crippen LogP contribution < -0.4 is 5.32 Å². The number of hydrogen-bond acceptors (Lipinski definition) is 7. The molecule has 0 aromatic heterocycles. The number of carbonyl (C=O) groups is 3. The van der Waals surface area contributed by atoms with E-state index in [0.29, 0.717) is 41.9 Å². The average Bonchev–Trinajstić information content (AvgIpc) is 3.22. The zero-order chi connectivity index (χ0) is 27.8. The maximum absolute atomic E-state index is 12.4. The van der Waals surface area contributed by atoms with Crippen molar-refractivity contribution in [1.82, 2.24) is 5.32 Å². The van der Waals surface area contributed by atoms with Crippen molar-refractivity contribution in [3.63, 3.8) is 0 Å². The van der Waals surface area contributed by atoms with Crippen LogP contribution in [0.4, 0.5) is 0 Å². The van der Waals surface area contributed by atoms with Crippen molar-refractivity contribution in [2.24, 2.45) is 46.3 Å². The standard InChI is InChI=1S/C29H47NO8/c1-16(4-7-24(34)30-14-25(35)38-23(15-31)27(36)37)19-5-6-20-26-21(9-11-29(19,20)3)28(2)10-8-18(32)12-17(28)13-22(26)33/h16-23,26,31-33H,4-15H2,1-3H3,(H,30,34)(H,36,37)/t16-,17?,18-,19-,20?,21?,22-,23?,26?,28+,29-/m1/s1. The van der Waals surface area contributed by atoms with Crippen molar-refractivity contribution in [3.05, 3.63) is 0 Å². The summed E-state index contributed by atoms with van der Waals surface area (Å²) < 4.78 is 4.65. The van der Waals surface area contributed by atoms with Gasteiger partial charge in [0, 0.05) is 6.42 Å². The number of rotatable bonds is 9. The van der Waals surface area contributed by atoms with Gasteiger partial charge in [0.2, 0.25) is 12.0 Å². The van der Waals surface area contributed by atoms with Crippen LogP contribution in [-0.2, 0) is 19.1 Å². The first-order valence-electron chi connectivity index (χ1n) is 14.6. The largest absolute Gasteiger partial charge is 0.478 e. The van der Waals surface area contributed by atoms with E-state index in [1.807, 2.05) is 0 Å². The minimum atomic E-state index is -1.63. The van der Waals surface area contributed by atoms with Gasteiger partial charge in [0.1, 0.15) is 6.54 Å². The Balaban J connectivity index is 1.32. The molecule has 216 valence electrons. The normalized spacial score (nSPS) is 41.7. The number of esters is 1. The lowest BCUT2D eigenvalue weighted by Crippen LogP contribution is -2.58. The number of carboxylic acids is 1. The molecule has 4 fully saturated rings. The SMILES string of the molecule is C[C@H](CCC(=O)NCC(=O)OC(CO)C(=O)O)[C@H]1CCC2C3C(CC[C@@]21C)[C@@]1(C)CC[C@@H](O)CC1C[C@H]3O. The highest BCUT2D eigenvalue weighted by atomic mass is 16.6. The number of amides is 1. The number of aliphatic hydroxyl groups is 3. The van der Waals surface area contributed by atoms with Gasteiger partial charge in [0.25, 0.3) is 0 Å². The molecule has 0 aromatic rings. The van der Waals surface area contributed by atoms with Crippen LogP contribution >= 0.6 is 0 Å². The smallest absolute Gasteiger partial charge is 0.347 e. The summed E-state index contributed by atoms with van der Waals surface area (Å²) in [5, 5.41) is 42.0. The molecule has 11 atom stereocenters. The third kappa shape index (κ3) is 5.48. The first-order chi connectivity index (χ1) is 17.9.